The Morgan fingerprint density at radius 1 is 1.29 bits per heavy atom. The molecule has 5 N–H and O–H groups in total. The summed E-state index contributed by atoms with van der Waals surface area (Å²) in [5.74, 6) is -0.738. The highest BCUT2D eigenvalue weighted by atomic mass is 35.5. The molecule has 34 heavy (non-hydrogen) atoms. The molecule has 1 aromatic carbocycles. The number of alkyl halides is 2. The molecule has 13 heteroatoms. The van der Waals surface area contributed by atoms with Crippen LogP contribution < -0.4 is 21.5 Å². The van der Waals surface area contributed by atoms with E-state index < -0.39 is 12.5 Å². The lowest BCUT2D eigenvalue weighted by molar-refractivity contribution is -0.0494. The smallest absolute Gasteiger partial charge is 0.387 e. The molecule has 0 atom stereocenters. The van der Waals surface area contributed by atoms with E-state index in [4.69, 9.17) is 23.1 Å². The number of carbonyl (C=O) groups is 1. The van der Waals surface area contributed by atoms with Crippen LogP contribution in [0.15, 0.2) is 42.9 Å². The van der Waals surface area contributed by atoms with Gasteiger partial charge < -0.3 is 21.5 Å². The molecule has 3 heterocycles. The molecule has 1 amide bonds. The number of nitrogens with two attached hydrogens (primary N) is 2. The second-order valence-corrected chi connectivity index (χ2v) is 8.31. The third kappa shape index (κ3) is 4.01. The Morgan fingerprint density at radius 2 is 2.09 bits per heavy atom. The fraction of sp³-hybridized carbons (Fsp3) is 0.238. The summed E-state index contributed by atoms with van der Waals surface area (Å²) in [5, 5.41) is 11.7. The first-order valence-corrected chi connectivity index (χ1v) is 10.7. The molecule has 0 unspecified atom stereocenters. The van der Waals surface area contributed by atoms with Gasteiger partial charge in [0.15, 0.2) is 11.5 Å². The van der Waals surface area contributed by atoms with Crippen molar-refractivity contribution in [3.05, 3.63) is 53.4 Å². The zero-order valence-electron chi connectivity index (χ0n) is 17.5. The highest BCUT2D eigenvalue weighted by Crippen LogP contribution is 2.39. The number of amides is 1. The number of nitrogen functional groups attached to an aromatic ring is 1. The predicted octanol–water partition coefficient (Wildman–Crippen LogP) is 3.34. The molecule has 0 aliphatic heterocycles. The second-order valence-electron chi connectivity index (χ2n) is 7.88. The summed E-state index contributed by atoms with van der Waals surface area (Å²) in [6.07, 6.45) is 6.12. The number of hydrogen-bond donors (Lipinski definition) is 3. The number of carbonyl (C=O) groups excluding carboxylic acids is 1. The van der Waals surface area contributed by atoms with Crippen LogP contribution in [0.2, 0.25) is 5.02 Å². The van der Waals surface area contributed by atoms with E-state index in [1.807, 2.05) is 0 Å². The highest BCUT2D eigenvalue weighted by Gasteiger charge is 2.31. The van der Waals surface area contributed by atoms with E-state index in [-0.39, 0.29) is 56.8 Å². The molecule has 4 aromatic rings. The minimum Gasteiger partial charge on any atom is -0.434 e. The van der Waals surface area contributed by atoms with Gasteiger partial charge in [-0.15, -0.1) is 5.10 Å². The van der Waals surface area contributed by atoms with E-state index in [0.717, 1.165) is 0 Å². The van der Waals surface area contributed by atoms with Gasteiger partial charge in [0.1, 0.15) is 17.0 Å². The monoisotopic (exact) mass is 488 g/mol. The molecule has 0 saturated heterocycles. The maximum absolute atomic E-state index is 13.2. The van der Waals surface area contributed by atoms with Crippen LogP contribution in [0.5, 0.6) is 5.75 Å². The molecule has 0 bridgehead atoms. The van der Waals surface area contributed by atoms with Crippen LogP contribution in [0.1, 0.15) is 29.2 Å². The van der Waals surface area contributed by atoms with Gasteiger partial charge in [-0.1, -0.05) is 11.6 Å². The average Bonchev–Trinajstić information content (AvgIpc) is 3.32. The number of halogens is 3. The molecule has 10 nitrogen and oxygen atoms in total. The molecule has 0 spiro atoms. The number of aromatic nitrogens is 5. The lowest BCUT2D eigenvalue weighted by Gasteiger charge is -2.32. The largest absolute Gasteiger partial charge is 0.434 e. The molecule has 3 aromatic heterocycles. The first-order valence-electron chi connectivity index (χ1n) is 10.3. The second kappa shape index (κ2) is 8.54. The summed E-state index contributed by atoms with van der Waals surface area (Å²) in [6, 6.07) is 5.89. The topological polar surface area (TPSA) is 138 Å². The van der Waals surface area contributed by atoms with Crippen LogP contribution in [-0.4, -0.2) is 42.9 Å². The number of anilines is 2. The van der Waals surface area contributed by atoms with E-state index in [9.17, 15) is 13.6 Å². The van der Waals surface area contributed by atoms with Gasteiger partial charge in [0.2, 0.25) is 0 Å². The summed E-state index contributed by atoms with van der Waals surface area (Å²) in [6.45, 7) is -3.06. The molecule has 1 aliphatic carbocycles. The van der Waals surface area contributed by atoms with Crippen molar-refractivity contribution in [2.24, 2.45) is 5.73 Å². The molecule has 0 radical (unpaired) electrons. The van der Waals surface area contributed by atoms with Gasteiger partial charge in [0, 0.05) is 35.2 Å². The Kier molecular flexibility index (Phi) is 5.54. The van der Waals surface area contributed by atoms with Crippen molar-refractivity contribution in [1.29, 1.82) is 0 Å². The summed E-state index contributed by atoms with van der Waals surface area (Å²) >= 11 is 6.14. The number of benzene rings is 1. The Morgan fingerprint density at radius 3 is 2.82 bits per heavy atom. The number of ether oxygens (including phenoxy) is 1. The van der Waals surface area contributed by atoms with Crippen LogP contribution >= 0.6 is 11.6 Å². The quantitative estimate of drug-likeness (QED) is 0.378. The minimum absolute atomic E-state index is 0.00164. The molecule has 1 fully saturated rings. The standard InChI is InChI=1S/C21H19ClF2N8O2/c22-10-2-3-15(34-21(23)24)13(6-10)17-14(9-32(29-17)12-7-11(25)8-12)28-20(33)16-18(26)30-31-5-1-4-27-19(16)31/h1-6,9,11-12,21H,7-8,25H2,(H2,26,30)(H,28,33). The number of nitrogens with zero attached hydrogens (tertiary/aromatic N) is 5. The van der Waals surface area contributed by atoms with Crippen molar-refractivity contribution < 1.29 is 18.3 Å². The van der Waals surface area contributed by atoms with Crippen molar-refractivity contribution >= 4 is 34.7 Å². The molecule has 1 aliphatic rings. The molecule has 176 valence electrons. The molecular weight excluding hydrogens is 470 g/mol. The van der Waals surface area contributed by atoms with Crippen LogP contribution in [0, 0.1) is 0 Å². The summed E-state index contributed by atoms with van der Waals surface area (Å²) in [5.41, 5.74) is 12.9. The van der Waals surface area contributed by atoms with Crippen LogP contribution in [0.25, 0.3) is 16.9 Å². The minimum atomic E-state index is -3.06. The van der Waals surface area contributed by atoms with Gasteiger partial charge in [-0.3, -0.25) is 9.48 Å². The van der Waals surface area contributed by atoms with Gasteiger partial charge in [0.05, 0.1) is 11.7 Å². The van der Waals surface area contributed by atoms with E-state index in [1.54, 1.807) is 23.1 Å². The lowest BCUT2D eigenvalue weighted by atomic mass is 9.88. The van der Waals surface area contributed by atoms with Gasteiger partial charge in [-0.25, -0.2) is 9.50 Å². The first-order chi connectivity index (χ1) is 16.3. The normalized spacial score (nSPS) is 17.7. The first kappa shape index (κ1) is 22.0. The summed E-state index contributed by atoms with van der Waals surface area (Å²) < 4.78 is 33.8. The summed E-state index contributed by atoms with van der Waals surface area (Å²) in [4.78, 5) is 17.4. The maximum Gasteiger partial charge on any atom is 0.387 e. The zero-order valence-corrected chi connectivity index (χ0v) is 18.3. The van der Waals surface area contributed by atoms with Crippen molar-refractivity contribution in [3.63, 3.8) is 0 Å². The Balaban J connectivity index is 1.58. The lowest BCUT2D eigenvalue weighted by Crippen LogP contribution is -2.37. The highest BCUT2D eigenvalue weighted by molar-refractivity contribution is 6.31. The average molecular weight is 489 g/mol. The maximum atomic E-state index is 13.2. The van der Waals surface area contributed by atoms with Crippen molar-refractivity contribution in [3.8, 4) is 17.0 Å². The molecule has 5 rings (SSSR count). The van der Waals surface area contributed by atoms with E-state index in [0.29, 0.717) is 12.8 Å². The summed E-state index contributed by atoms with van der Waals surface area (Å²) in [7, 11) is 0. The van der Waals surface area contributed by atoms with Gasteiger partial charge in [0.25, 0.3) is 5.91 Å². The fourth-order valence-electron chi connectivity index (χ4n) is 3.91. The van der Waals surface area contributed by atoms with Crippen molar-refractivity contribution in [2.75, 3.05) is 11.1 Å². The van der Waals surface area contributed by atoms with E-state index >= 15 is 0 Å². The SMILES string of the molecule is Nc1nn2cccnc2c1C(=O)Nc1cn(C2CC(N)C2)nc1-c1cc(Cl)ccc1OC(F)F. The Hall–Kier alpha value is -3.77. The van der Waals surface area contributed by atoms with E-state index in [2.05, 4.69) is 25.2 Å². The van der Waals surface area contributed by atoms with Crippen LogP contribution in [0.3, 0.4) is 0 Å². The van der Waals surface area contributed by atoms with Crippen LogP contribution in [-0.2, 0) is 0 Å². The van der Waals surface area contributed by atoms with Crippen molar-refractivity contribution in [1.82, 2.24) is 24.4 Å². The number of rotatable bonds is 6. The zero-order chi connectivity index (χ0) is 24.0. The Bertz CT molecular complexity index is 1380. The predicted molar refractivity (Wildman–Crippen MR) is 121 cm³/mol. The van der Waals surface area contributed by atoms with Gasteiger partial charge in [-0.05, 0) is 37.1 Å². The third-order valence-electron chi connectivity index (χ3n) is 5.57. The Labute approximate surface area is 196 Å². The van der Waals surface area contributed by atoms with E-state index in [1.165, 1.54) is 28.9 Å². The fourth-order valence-corrected chi connectivity index (χ4v) is 4.08. The van der Waals surface area contributed by atoms with Gasteiger partial charge >= 0.3 is 6.61 Å². The molecular formula is C21H19ClF2N8O2. The van der Waals surface area contributed by atoms with Crippen molar-refractivity contribution in [2.45, 2.75) is 31.5 Å². The van der Waals surface area contributed by atoms with Crippen LogP contribution in [0.4, 0.5) is 20.3 Å². The third-order valence-corrected chi connectivity index (χ3v) is 5.80. The number of nitrogens with one attached hydrogen (secondary N) is 1. The van der Waals surface area contributed by atoms with Gasteiger partial charge in [-0.2, -0.15) is 13.9 Å². The number of hydrogen-bond acceptors (Lipinski definition) is 7. The molecule has 1 saturated carbocycles. The number of fused-ring (bicyclic) bond motifs is 1.